The average molecular weight is 577 g/mol. The van der Waals surface area contributed by atoms with E-state index in [9.17, 15) is 9.46 Å². The summed E-state index contributed by atoms with van der Waals surface area (Å²) in [6.07, 6.45) is 24.5. The highest BCUT2D eigenvalue weighted by molar-refractivity contribution is 7.53. The smallest absolute Gasteiger partial charge is 0.379 e. The van der Waals surface area contributed by atoms with E-state index in [1.54, 1.807) is 0 Å². The van der Waals surface area contributed by atoms with Crippen molar-refractivity contribution in [3.05, 3.63) is 12.2 Å². The molecule has 0 aromatic heterocycles. The summed E-state index contributed by atoms with van der Waals surface area (Å²) in [6.45, 7) is 11.2. The Bertz CT molecular complexity index is 641. The van der Waals surface area contributed by atoms with Crippen LogP contribution in [-0.4, -0.2) is 67.8 Å². The second-order valence-electron chi connectivity index (χ2n) is 13.1. The van der Waals surface area contributed by atoms with E-state index in [0.717, 1.165) is 19.3 Å². The minimum absolute atomic E-state index is 0.0470. The molecular formula is C32H67NO5P+. The SMILES string of the molecule is CCCCCCCCCCCC/C=C\CCCCCOC[C@H](COP(=O)(O)C(CC)[N+](C)(C)C)OC(C)(C)C. The summed E-state index contributed by atoms with van der Waals surface area (Å²) in [4.78, 5) is 10.6. The summed E-state index contributed by atoms with van der Waals surface area (Å²) >= 11 is 0. The van der Waals surface area contributed by atoms with Gasteiger partial charge >= 0.3 is 7.60 Å². The molecule has 0 bridgehead atoms. The van der Waals surface area contributed by atoms with Crippen LogP contribution in [0, 0.1) is 0 Å². The zero-order chi connectivity index (χ0) is 29.6. The molecule has 2 unspecified atom stereocenters. The molecule has 6 nitrogen and oxygen atoms in total. The van der Waals surface area contributed by atoms with Gasteiger partial charge in [-0.15, -0.1) is 0 Å². The molecule has 0 saturated carbocycles. The number of hydrogen-bond acceptors (Lipinski definition) is 4. The summed E-state index contributed by atoms with van der Waals surface area (Å²) in [6, 6.07) is 0. The lowest BCUT2D eigenvalue weighted by molar-refractivity contribution is -0.883. The van der Waals surface area contributed by atoms with E-state index >= 15 is 0 Å². The number of allylic oxidation sites excluding steroid dienone is 2. The van der Waals surface area contributed by atoms with Crippen LogP contribution >= 0.6 is 7.60 Å². The second-order valence-corrected chi connectivity index (χ2v) is 15.1. The highest BCUT2D eigenvalue weighted by Gasteiger charge is 2.42. The Morgan fingerprint density at radius 2 is 1.26 bits per heavy atom. The average Bonchev–Trinajstić information content (AvgIpc) is 2.82. The first kappa shape index (κ1) is 38.8. The lowest BCUT2D eigenvalue weighted by Gasteiger charge is -2.36. The van der Waals surface area contributed by atoms with E-state index in [4.69, 9.17) is 14.0 Å². The molecular weight excluding hydrogens is 509 g/mol. The third-order valence-electron chi connectivity index (χ3n) is 6.96. The summed E-state index contributed by atoms with van der Waals surface area (Å²) in [5, 5.41) is 0. The monoisotopic (exact) mass is 576 g/mol. The highest BCUT2D eigenvalue weighted by Crippen LogP contribution is 2.51. The van der Waals surface area contributed by atoms with Crippen molar-refractivity contribution in [1.82, 2.24) is 0 Å². The van der Waals surface area contributed by atoms with Gasteiger partial charge in [0.15, 0.2) is 5.78 Å². The van der Waals surface area contributed by atoms with E-state index < -0.39 is 13.4 Å². The number of hydrogen-bond donors (Lipinski definition) is 1. The van der Waals surface area contributed by atoms with Gasteiger partial charge in [-0.2, -0.15) is 0 Å². The topological polar surface area (TPSA) is 65.0 Å². The molecule has 0 aromatic rings. The predicted molar refractivity (Wildman–Crippen MR) is 167 cm³/mol. The molecule has 0 aliphatic heterocycles. The molecule has 0 spiro atoms. The van der Waals surface area contributed by atoms with Gasteiger partial charge in [0.05, 0.1) is 40.0 Å². The first-order valence-corrected chi connectivity index (χ1v) is 17.7. The maximum Gasteiger partial charge on any atom is 0.385 e. The molecule has 0 saturated heterocycles. The van der Waals surface area contributed by atoms with Crippen LogP contribution in [0.15, 0.2) is 12.2 Å². The van der Waals surface area contributed by atoms with Gasteiger partial charge in [-0.25, -0.2) is 0 Å². The third kappa shape index (κ3) is 23.1. The molecule has 0 radical (unpaired) electrons. The second kappa shape index (κ2) is 22.4. The van der Waals surface area contributed by atoms with Gasteiger partial charge in [0.1, 0.15) is 6.10 Å². The molecule has 3 atom stereocenters. The summed E-state index contributed by atoms with van der Waals surface area (Å²) < 4.78 is 30.9. The third-order valence-corrected chi connectivity index (χ3v) is 9.29. The van der Waals surface area contributed by atoms with Crippen LogP contribution in [0.4, 0.5) is 0 Å². The number of quaternary nitrogens is 1. The molecule has 0 fully saturated rings. The Balaban J connectivity index is 4.00. The number of ether oxygens (including phenoxy) is 2. The zero-order valence-electron chi connectivity index (χ0n) is 27.2. The van der Waals surface area contributed by atoms with Crippen LogP contribution in [0.3, 0.4) is 0 Å². The Hall–Kier alpha value is -0.230. The van der Waals surface area contributed by atoms with Gasteiger partial charge in [-0.1, -0.05) is 90.2 Å². The number of unbranched alkanes of at least 4 members (excludes halogenated alkanes) is 13. The van der Waals surface area contributed by atoms with Gasteiger partial charge in [-0.05, 0) is 52.9 Å². The minimum Gasteiger partial charge on any atom is -0.379 e. The van der Waals surface area contributed by atoms with Crippen molar-refractivity contribution >= 4 is 7.60 Å². The van der Waals surface area contributed by atoms with Crippen molar-refractivity contribution in [2.75, 3.05) is 41.0 Å². The van der Waals surface area contributed by atoms with Crippen molar-refractivity contribution in [3.8, 4) is 0 Å². The zero-order valence-corrected chi connectivity index (χ0v) is 28.1. The van der Waals surface area contributed by atoms with Crippen molar-refractivity contribution in [2.45, 2.75) is 155 Å². The molecule has 234 valence electrons. The first-order chi connectivity index (χ1) is 18.3. The van der Waals surface area contributed by atoms with Crippen LogP contribution in [-0.2, 0) is 18.6 Å². The molecule has 0 aliphatic rings. The Morgan fingerprint density at radius 3 is 1.72 bits per heavy atom. The molecule has 0 amide bonds. The molecule has 0 heterocycles. The lowest BCUT2D eigenvalue weighted by atomic mass is 10.1. The van der Waals surface area contributed by atoms with Crippen LogP contribution in [0.2, 0.25) is 0 Å². The van der Waals surface area contributed by atoms with E-state index in [-0.39, 0.29) is 18.3 Å². The van der Waals surface area contributed by atoms with Gasteiger partial charge < -0.3 is 23.4 Å². The van der Waals surface area contributed by atoms with Crippen LogP contribution < -0.4 is 0 Å². The van der Waals surface area contributed by atoms with Crippen molar-refractivity contribution < 1.29 is 27.9 Å². The Morgan fingerprint density at radius 1 is 0.769 bits per heavy atom. The summed E-state index contributed by atoms with van der Waals surface area (Å²) in [7, 11) is 1.96. The van der Waals surface area contributed by atoms with Crippen LogP contribution in [0.5, 0.6) is 0 Å². The summed E-state index contributed by atoms with van der Waals surface area (Å²) in [5.41, 5.74) is -0.388. The minimum atomic E-state index is -3.79. The van der Waals surface area contributed by atoms with Gasteiger partial charge in [-0.3, -0.25) is 4.57 Å². The van der Waals surface area contributed by atoms with E-state index in [2.05, 4.69) is 19.1 Å². The van der Waals surface area contributed by atoms with E-state index in [0.29, 0.717) is 24.1 Å². The molecule has 39 heavy (non-hydrogen) atoms. The van der Waals surface area contributed by atoms with Crippen molar-refractivity contribution in [2.24, 2.45) is 0 Å². The quantitative estimate of drug-likeness (QED) is 0.0481. The van der Waals surface area contributed by atoms with Crippen LogP contribution in [0.1, 0.15) is 137 Å². The van der Waals surface area contributed by atoms with Crippen molar-refractivity contribution in [3.63, 3.8) is 0 Å². The van der Waals surface area contributed by atoms with Gasteiger partial charge in [0.2, 0.25) is 0 Å². The summed E-state index contributed by atoms with van der Waals surface area (Å²) in [5.74, 6) is -0.474. The van der Waals surface area contributed by atoms with Gasteiger partial charge in [0.25, 0.3) is 0 Å². The molecule has 0 rings (SSSR count). The molecule has 0 aliphatic carbocycles. The Kier molecular flexibility index (Phi) is 22.2. The maximum absolute atomic E-state index is 12.9. The number of nitrogens with zero attached hydrogens (tertiary/aromatic N) is 1. The normalized spacial score (nSPS) is 16.0. The number of rotatable bonds is 26. The standard InChI is InChI=1S/C32H66NO5P/c1-9-11-12-13-14-15-16-17-18-19-20-21-22-23-24-25-26-27-36-28-30(38-32(3,4)5)29-37-39(34,35)31(10-2)33(6,7)8/h21-22,30-31H,9-20,23-29H2,1-8H3/p+1/b22-21-/t30-,31?/m1/s1. The molecule has 7 heteroatoms. The maximum atomic E-state index is 12.9. The fourth-order valence-corrected chi connectivity index (χ4v) is 6.84. The lowest BCUT2D eigenvalue weighted by Crippen LogP contribution is -2.45. The molecule has 1 N–H and O–H groups in total. The van der Waals surface area contributed by atoms with Gasteiger partial charge in [0, 0.05) is 13.0 Å². The predicted octanol–water partition coefficient (Wildman–Crippen LogP) is 9.26. The largest absolute Gasteiger partial charge is 0.385 e. The van der Waals surface area contributed by atoms with E-state index in [1.165, 1.54) is 77.0 Å². The fraction of sp³-hybridized carbons (Fsp3) is 0.938. The van der Waals surface area contributed by atoms with E-state index in [1.807, 2.05) is 48.8 Å². The molecule has 0 aromatic carbocycles. The highest BCUT2D eigenvalue weighted by atomic mass is 31.2. The Labute approximate surface area is 243 Å². The fourth-order valence-electron chi connectivity index (χ4n) is 4.95. The first-order valence-electron chi connectivity index (χ1n) is 16.0. The van der Waals surface area contributed by atoms with Crippen LogP contribution in [0.25, 0.3) is 0 Å². The van der Waals surface area contributed by atoms with Crippen molar-refractivity contribution in [1.29, 1.82) is 0 Å².